The number of aryl methyl sites for hydroxylation is 1. The van der Waals surface area contributed by atoms with Crippen LogP contribution in [0.3, 0.4) is 0 Å². The highest BCUT2D eigenvalue weighted by Gasteiger charge is 2.57. The number of anilines is 1. The van der Waals surface area contributed by atoms with E-state index >= 15 is 0 Å². The largest absolute Gasteiger partial charge is 0.481 e. The molecule has 0 bridgehead atoms. The van der Waals surface area contributed by atoms with Gasteiger partial charge in [0.2, 0.25) is 5.79 Å². The highest BCUT2D eigenvalue weighted by molar-refractivity contribution is 7.17. The molecule has 3 unspecified atom stereocenters. The zero-order chi connectivity index (χ0) is 26.2. The second-order valence-electron chi connectivity index (χ2n) is 9.53. The van der Waals surface area contributed by atoms with Crippen LogP contribution in [-0.4, -0.2) is 63.9 Å². The maximum atomic E-state index is 13.0. The molecule has 5 rings (SSSR count). The van der Waals surface area contributed by atoms with E-state index < -0.39 is 29.1 Å². The van der Waals surface area contributed by atoms with Gasteiger partial charge in [-0.05, 0) is 51.9 Å². The second kappa shape index (κ2) is 9.60. The lowest BCUT2D eigenvalue weighted by Gasteiger charge is -2.52. The number of hydrogen-bond acceptors (Lipinski definition) is 8. The normalized spacial score (nSPS) is 25.4. The maximum Gasteiger partial charge on any atom is 0.318 e. The van der Waals surface area contributed by atoms with Gasteiger partial charge in [0.15, 0.2) is 0 Å². The smallest absolute Gasteiger partial charge is 0.318 e. The molecule has 1 fully saturated rings. The molecule has 37 heavy (non-hydrogen) atoms. The van der Waals surface area contributed by atoms with Gasteiger partial charge in [-0.15, -0.1) is 11.3 Å². The van der Waals surface area contributed by atoms with Gasteiger partial charge in [-0.2, -0.15) is 5.10 Å². The van der Waals surface area contributed by atoms with E-state index in [0.717, 1.165) is 32.7 Å². The molecule has 0 saturated carbocycles. The minimum absolute atomic E-state index is 0.351. The first kappa shape index (κ1) is 24.9. The summed E-state index contributed by atoms with van der Waals surface area (Å²) < 4.78 is 1.01. The van der Waals surface area contributed by atoms with Gasteiger partial charge in [0, 0.05) is 48.0 Å². The quantitative estimate of drug-likeness (QED) is 0.334. The van der Waals surface area contributed by atoms with Crippen LogP contribution >= 0.6 is 11.3 Å². The standard InChI is InChI=1S/C25H30N8O3S/c1-4-27-23(36)31-25(20-13-26-8-6-24(20,3)22(34)35)29-7-5-9-33(25)16-10-17(18-12-30-32-15(18)2)21-19(11-16)28-14-37-21/h5,7,9-12,14,20,26H,4,6,8,13H2,1-3H3,(H,30,32)(H,34,35)(H2,27,31,36). The second-order valence-corrected chi connectivity index (χ2v) is 10.4. The van der Waals surface area contributed by atoms with Crippen LogP contribution in [-0.2, 0) is 4.79 Å². The van der Waals surface area contributed by atoms with Crippen molar-refractivity contribution < 1.29 is 14.7 Å². The van der Waals surface area contributed by atoms with Crippen LogP contribution in [0.2, 0.25) is 0 Å². The van der Waals surface area contributed by atoms with Crippen molar-refractivity contribution in [1.29, 1.82) is 0 Å². The Labute approximate surface area is 218 Å². The zero-order valence-corrected chi connectivity index (χ0v) is 21.7. The van der Waals surface area contributed by atoms with Crippen LogP contribution in [0.1, 0.15) is 26.0 Å². The summed E-state index contributed by atoms with van der Waals surface area (Å²) in [6.45, 7) is 6.84. The van der Waals surface area contributed by atoms with Crippen molar-refractivity contribution in [2.24, 2.45) is 16.3 Å². The Hall–Kier alpha value is -3.77. The minimum Gasteiger partial charge on any atom is -0.481 e. The van der Waals surface area contributed by atoms with Gasteiger partial charge < -0.3 is 20.6 Å². The summed E-state index contributed by atoms with van der Waals surface area (Å²) in [5, 5.41) is 26.7. The van der Waals surface area contributed by atoms with Crippen LogP contribution < -0.4 is 20.9 Å². The van der Waals surface area contributed by atoms with Crippen LogP contribution in [0, 0.1) is 18.3 Å². The number of urea groups is 1. The average Bonchev–Trinajstić information content (AvgIpc) is 3.53. The topological polar surface area (TPSA) is 148 Å². The van der Waals surface area contributed by atoms with Gasteiger partial charge in [-0.3, -0.25) is 15.2 Å². The number of amides is 2. The average molecular weight is 523 g/mol. The molecule has 0 aliphatic carbocycles. The van der Waals surface area contributed by atoms with E-state index in [1.165, 1.54) is 11.3 Å². The monoisotopic (exact) mass is 522 g/mol. The van der Waals surface area contributed by atoms with E-state index in [2.05, 4.69) is 31.1 Å². The highest BCUT2D eigenvalue weighted by Crippen LogP contribution is 2.46. The van der Waals surface area contributed by atoms with Gasteiger partial charge in [-0.1, -0.05) is 0 Å². The van der Waals surface area contributed by atoms with Crippen molar-refractivity contribution in [2.45, 2.75) is 33.0 Å². The molecule has 1 saturated heterocycles. The van der Waals surface area contributed by atoms with Crippen LogP contribution in [0.4, 0.5) is 10.5 Å². The lowest BCUT2D eigenvalue weighted by Crippen LogP contribution is -2.71. The van der Waals surface area contributed by atoms with Gasteiger partial charge in [-0.25, -0.2) is 14.8 Å². The third-order valence-corrected chi connectivity index (χ3v) is 8.20. The summed E-state index contributed by atoms with van der Waals surface area (Å²) in [6, 6.07) is 3.53. The number of allylic oxidation sites excluding steroid dienone is 1. The number of aliphatic imine (C=N–C) groups is 1. The van der Waals surface area contributed by atoms with Crippen LogP contribution in [0.5, 0.6) is 0 Å². The van der Waals surface area contributed by atoms with Crippen molar-refractivity contribution in [3.05, 3.63) is 41.8 Å². The molecule has 0 radical (unpaired) electrons. The number of nitrogens with zero attached hydrogens (tertiary/aromatic N) is 4. The molecule has 2 aromatic heterocycles. The lowest BCUT2D eigenvalue weighted by molar-refractivity contribution is -0.155. The maximum absolute atomic E-state index is 13.0. The number of hydrogen-bond donors (Lipinski definition) is 5. The molecule has 194 valence electrons. The van der Waals surface area contributed by atoms with Crippen LogP contribution in [0.15, 0.2) is 41.1 Å². The first-order valence-corrected chi connectivity index (χ1v) is 13.1. The molecular formula is C25H30N8O3S. The fourth-order valence-electron chi connectivity index (χ4n) is 5.30. The fraction of sp³-hybridized carbons (Fsp3) is 0.400. The number of carbonyl (C=O) groups is 2. The number of carboxylic acid groups (broad SMARTS) is 1. The van der Waals surface area contributed by atoms with Crippen LogP contribution in [0.25, 0.3) is 21.3 Å². The van der Waals surface area contributed by atoms with Crippen molar-refractivity contribution >= 4 is 45.5 Å². The van der Waals surface area contributed by atoms with Crippen molar-refractivity contribution in [3.8, 4) is 11.1 Å². The molecule has 0 spiro atoms. The molecule has 2 aliphatic rings. The Morgan fingerprint density at radius 2 is 2.16 bits per heavy atom. The van der Waals surface area contributed by atoms with Gasteiger partial charge in [0.1, 0.15) is 0 Å². The van der Waals surface area contributed by atoms with E-state index in [0.29, 0.717) is 26.1 Å². The molecule has 5 N–H and O–H groups in total. The molecule has 11 nitrogen and oxygen atoms in total. The molecule has 2 aliphatic heterocycles. The molecule has 12 heteroatoms. The zero-order valence-electron chi connectivity index (χ0n) is 20.9. The number of carboxylic acids is 1. The predicted molar refractivity (Wildman–Crippen MR) is 144 cm³/mol. The Kier molecular flexibility index (Phi) is 6.46. The Morgan fingerprint density at radius 1 is 1.32 bits per heavy atom. The highest BCUT2D eigenvalue weighted by atomic mass is 32.1. The third-order valence-electron chi connectivity index (χ3n) is 7.32. The number of benzene rings is 1. The number of thiazole rings is 1. The molecule has 3 aromatic rings. The first-order valence-electron chi connectivity index (χ1n) is 12.2. The summed E-state index contributed by atoms with van der Waals surface area (Å²) in [6.07, 6.45) is 7.39. The lowest BCUT2D eigenvalue weighted by atomic mass is 9.68. The molecule has 3 atom stereocenters. The number of piperidine rings is 1. The molecule has 2 amide bonds. The van der Waals surface area contributed by atoms with E-state index in [4.69, 9.17) is 4.99 Å². The van der Waals surface area contributed by atoms with E-state index in [1.807, 2.05) is 37.1 Å². The summed E-state index contributed by atoms with van der Waals surface area (Å²) >= 11 is 1.54. The number of aliphatic carboxylic acids is 1. The number of H-pyrrole nitrogens is 1. The number of carbonyl (C=O) groups excluding carboxylic acids is 1. The van der Waals surface area contributed by atoms with E-state index in [1.54, 1.807) is 30.9 Å². The number of aromatic amines is 1. The van der Waals surface area contributed by atoms with E-state index in [-0.39, 0.29) is 0 Å². The minimum atomic E-state index is -1.42. The number of aromatic nitrogens is 3. The number of rotatable bonds is 6. The fourth-order valence-corrected chi connectivity index (χ4v) is 6.10. The summed E-state index contributed by atoms with van der Waals surface area (Å²) in [5.41, 5.74) is 4.95. The van der Waals surface area contributed by atoms with Gasteiger partial charge >= 0.3 is 12.0 Å². The Balaban J connectivity index is 1.72. The Bertz CT molecular complexity index is 1400. The number of nitrogens with one attached hydrogen (secondary N) is 4. The number of fused-ring (bicyclic) bond motifs is 1. The van der Waals surface area contributed by atoms with Crippen molar-refractivity contribution in [3.63, 3.8) is 0 Å². The predicted octanol–water partition coefficient (Wildman–Crippen LogP) is 3.07. The van der Waals surface area contributed by atoms with Crippen molar-refractivity contribution in [1.82, 2.24) is 31.1 Å². The van der Waals surface area contributed by atoms with Gasteiger partial charge in [0.05, 0.1) is 33.3 Å². The molecule has 4 heterocycles. The summed E-state index contributed by atoms with van der Waals surface area (Å²) in [7, 11) is 0. The summed E-state index contributed by atoms with van der Waals surface area (Å²) in [5.74, 6) is -2.95. The van der Waals surface area contributed by atoms with E-state index in [9.17, 15) is 14.7 Å². The SMILES string of the molecule is CCNC(=O)NC1(C2CNCCC2(C)C(=O)O)N=CC=CN1c1cc(-c2cn[nH]c2C)c2scnc2c1. The third kappa shape index (κ3) is 4.15. The molecule has 1 aromatic carbocycles. The Morgan fingerprint density at radius 3 is 2.89 bits per heavy atom. The van der Waals surface area contributed by atoms with Gasteiger partial charge in [0.25, 0.3) is 0 Å². The van der Waals surface area contributed by atoms with Crippen molar-refractivity contribution in [2.75, 3.05) is 24.5 Å². The molecular weight excluding hydrogens is 492 g/mol. The first-order chi connectivity index (χ1) is 17.8. The summed E-state index contributed by atoms with van der Waals surface area (Å²) in [4.78, 5) is 37.0.